The molecule has 1 amide bonds. The van der Waals surface area contributed by atoms with Gasteiger partial charge in [0, 0.05) is 17.7 Å². The third-order valence-electron chi connectivity index (χ3n) is 5.74. The molecular formula is C24H30N4O2. The number of Topliss-reactive ketones (excluding diaryl/α,β-unsaturated/α-hetero) is 1. The van der Waals surface area contributed by atoms with Crippen molar-refractivity contribution < 1.29 is 9.59 Å². The molecule has 0 fully saturated rings. The van der Waals surface area contributed by atoms with Crippen molar-refractivity contribution in [1.82, 2.24) is 0 Å². The minimum absolute atomic E-state index is 0.273. The van der Waals surface area contributed by atoms with E-state index in [1.54, 1.807) is 4.90 Å². The Kier molecular flexibility index (Phi) is 6.48. The molecule has 2 atom stereocenters. The lowest BCUT2D eigenvalue weighted by molar-refractivity contribution is -0.134. The van der Waals surface area contributed by atoms with E-state index in [9.17, 15) is 9.59 Å². The molecule has 0 spiro atoms. The molecule has 4 N–H and O–H groups in total. The van der Waals surface area contributed by atoms with E-state index < -0.39 is 23.4 Å². The fourth-order valence-corrected chi connectivity index (χ4v) is 3.82. The summed E-state index contributed by atoms with van der Waals surface area (Å²) in [5, 5.41) is 0. The highest BCUT2D eigenvalue weighted by molar-refractivity contribution is 6.26. The predicted octanol–water partition coefficient (Wildman–Crippen LogP) is 2.88. The number of nitrogens with two attached hydrogens (primary N) is 2. The summed E-state index contributed by atoms with van der Waals surface area (Å²) < 4.78 is 0. The lowest BCUT2D eigenvalue weighted by atomic mass is 9.97. The number of hydrogen-bond donors (Lipinski definition) is 2. The Hall–Kier alpha value is -2.83. The molecule has 0 radical (unpaired) electrons. The van der Waals surface area contributed by atoms with Gasteiger partial charge in [-0.3, -0.25) is 15.3 Å². The molecule has 6 heteroatoms. The first-order chi connectivity index (χ1) is 14.3. The number of nitrogens with zero attached hydrogens (tertiary/aromatic N) is 2. The van der Waals surface area contributed by atoms with Gasteiger partial charge in [0.15, 0.2) is 0 Å². The molecule has 1 aliphatic rings. The number of ketones is 1. The molecule has 1 heterocycles. The van der Waals surface area contributed by atoms with E-state index in [2.05, 4.69) is 18.8 Å². The number of carbonyl (C=O) groups excluding carboxylic acids is 2. The summed E-state index contributed by atoms with van der Waals surface area (Å²) in [7, 11) is 0. The molecule has 0 aliphatic carbocycles. The largest absolute Gasteiger partial charge is 0.322 e. The molecule has 6 nitrogen and oxygen atoms in total. The molecule has 2 aromatic carbocycles. The van der Waals surface area contributed by atoms with E-state index in [0.29, 0.717) is 17.9 Å². The van der Waals surface area contributed by atoms with Crippen molar-refractivity contribution in [3.63, 3.8) is 0 Å². The standard InChI is InChI=1S/C24H30N4O2/c1-4-17(5-2)15-28-20-14-10-9-13-19(20)21(18-11-7-6-8-12-18)27-24(26,23(28)30)22(29)16(3)25/h6-14,16-17H,4-5,15,25-26H2,1-3H3/t16-,24?/m0/s1. The van der Waals surface area contributed by atoms with Gasteiger partial charge in [-0.1, -0.05) is 75.2 Å². The number of benzene rings is 2. The zero-order valence-corrected chi connectivity index (χ0v) is 17.8. The maximum Gasteiger partial charge on any atom is 0.277 e. The van der Waals surface area contributed by atoms with E-state index >= 15 is 0 Å². The van der Waals surface area contributed by atoms with Gasteiger partial charge in [0.05, 0.1) is 17.4 Å². The van der Waals surface area contributed by atoms with Gasteiger partial charge >= 0.3 is 0 Å². The third-order valence-corrected chi connectivity index (χ3v) is 5.74. The monoisotopic (exact) mass is 406 g/mol. The Balaban J connectivity index is 2.28. The normalized spacial score (nSPS) is 19.9. The highest BCUT2D eigenvalue weighted by atomic mass is 16.2. The van der Waals surface area contributed by atoms with Crippen LogP contribution in [-0.2, 0) is 9.59 Å². The Morgan fingerprint density at radius 2 is 1.67 bits per heavy atom. The smallest absolute Gasteiger partial charge is 0.277 e. The molecule has 1 aliphatic heterocycles. The maximum absolute atomic E-state index is 13.7. The van der Waals surface area contributed by atoms with Gasteiger partial charge < -0.3 is 10.6 Å². The number of fused-ring (bicyclic) bond motifs is 1. The molecule has 30 heavy (non-hydrogen) atoms. The highest BCUT2D eigenvalue weighted by Gasteiger charge is 2.48. The molecule has 158 valence electrons. The van der Waals surface area contributed by atoms with E-state index in [1.165, 1.54) is 6.92 Å². The minimum atomic E-state index is -2.08. The zero-order chi connectivity index (χ0) is 21.9. The van der Waals surface area contributed by atoms with Crippen LogP contribution >= 0.6 is 0 Å². The average Bonchev–Trinajstić information content (AvgIpc) is 2.86. The molecule has 1 unspecified atom stereocenters. The summed E-state index contributed by atoms with van der Waals surface area (Å²) in [6.07, 6.45) is 1.82. The third kappa shape index (κ3) is 3.93. The number of carbonyl (C=O) groups is 2. The van der Waals surface area contributed by atoms with Gasteiger partial charge in [0.2, 0.25) is 11.4 Å². The highest BCUT2D eigenvalue weighted by Crippen LogP contribution is 2.32. The first-order valence-electron chi connectivity index (χ1n) is 10.5. The molecule has 0 bridgehead atoms. The zero-order valence-electron chi connectivity index (χ0n) is 17.8. The molecule has 0 saturated heterocycles. The first kappa shape index (κ1) is 21.9. The molecule has 0 saturated carbocycles. The Morgan fingerprint density at radius 3 is 2.27 bits per heavy atom. The number of benzodiazepines with no additional fused rings is 1. The van der Waals surface area contributed by atoms with E-state index in [-0.39, 0.29) is 5.92 Å². The minimum Gasteiger partial charge on any atom is -0.322 e. The number of rotatable bonds is 7. The van der Waals surface area contributed by atoms with Gasteiger partial charge in [-0.15, -0.1) is 0 Å². The second kappa shape index (κ2) is 8.90. The molecule has 2 aromatic rings. The van der Waals surface area contributed by atoms with Crippen molar-refractivity contribution in [2.75, 3.05) is 11.4 Å². The van der Waals surface area contributed by atoms with E-state index in [0.717, 1.165) is 24.0 Å². The molecule has 0 aromatic heterocycles. The summed E-state index contributed by atoms with van der Waals surface area (Å²) in [6, 6.07) is 16.1. The number of hydrogen-bond acceptors (Lipinski definition) is 5. The van der Waals surface area contributed by atoms with E-state index in [1.807, 2.05) is 54.6 Å². The second-order valence-electron chi connectivity index (χ2n) is 7.86. The number of amides is 1. The van der Waals surface area contributed by atoms with Crippen LogP contribution in [0.1, 0.15) is 44.7 Å². The van der Waals surface area contributed by atoms with Crippen molar-refractivity contribution in [3.8, 4) is 0 Å². The Bertz CT molecular complexity index is 951. The van der Waals surface area contributed by atoms with Crippen molar-refractivity contribution in [3.05, 3.63) is 65.7 Å². The topological polar surface area (TPSA) is 102 Å². The fourth-order valence-electron chi connectivity index (χ4n) is 3.82. The van der Waals surface area contributed by atoms with Crippen molar-refractivity contribution in [2.24, 2.45) is 22.4 Å². The summed E-state index contributed by atoms with van der Waals surface area (Å²) in [5.41, 5.74) is 13.1. The average molecular weight is 407 g/mol. The van der Waals surface area contributed by atoms with Crippen molar-refractivity contribution in [1.29, 1.82) is 0 Å². The van der Waals surface area contributed by atoms with Gasteiger partial charge in [-0.2, -0.15) is 0 Å². The molecular weight excluding hydrogens is 376 g/mol. The van der Waals surface area contributed by atoms with Crippen molar-refractivity contribution >= 4 is 23.1 Å². The van der Waals surface area contributed by atoms with Crippen LogP contribution < -0.4 is 16.4 Å². The predicted molar refractivity (Wildman–Crippen MR) is 121 cm³/mol. The first-order valence-corrected chi connectivity index (χ1v) is 10.5. The lowest BCUT2D eigenvalue weighted by Crippen LogP contribution is -2.63. The lowest BCUT2D eigenvalue weighted by Gasteiger charge is -2.32. The second-order valence-corrected chi connectivity index (χ2v) is 7.86. The van der Waals surface area contributed by atoms with Crippen LogP contribution in [0.5, 0.6) is 0 Å². The summed E-state index contributed by atoms with van der Waals surface area (Å²) in [4.78, 5) is 33.0. The Labute approximate surface area is 178 Å². The summed E-state index contributed by atoms with van der Waals surface area (Å²) in [5.74, 6) is -0.853. The van der Waals surface area contributed by atoms with Crippen LogP contribution in [0.2, 0.25) is 0 Å². The van der Waals surface area contributed by atoms with Gasteiger partial charge in [-0.25, -0.2) is 4.99 Å². The Morgan fingerprint density at radius 1 is 1.07 bits per heavy atom. The van der Waals surface area contributed by atoms with Crippen LogP contribution in [0.15, 0.2) is 59.6 Å². The summed E-state index contributed by atoms with van der Waals surface area (Å²) in [6.45, 7) is 6.19. The van der Waals surface area contributed by atoms with Crippen LogP contribution in [-0.4, -0.2) is 35.7 Å². The SMILES string of the molecule is CCC(CC)CN1C(=O)C(N)(C(=O)[C@H](C)N)N=C(c2ccccc2)c2ccccc21. The van der Waals surface area contributed by atoms with Gasteiger partial charge in [0.25, 0.3) is 5.91 Å². The maximum atomic E-state index is 13.7. The van der Waals surface area contributed by atoms with E-state index in [4.69, 9.17) is 11.5 Å². The van der Waals surface area contributed by atoms with Crippen LogP contribution in [0, 0.1) is 5.92 Å². The quantitative estimate of drug-likeness (QED) is 0.690. The number of para-hydroxylation sites is 1. The van der Waals surface area contributed by atoms with Gasteiger partial charge in [-0.05, 0) is 18.9 Å². The van der Waals surface area contributed by atoms with Crippen LogP contribution in [0.3, 0.4) is 0 Å². The fraction of sp³-hybridized carbons (Fsp3) is 0.375. The van der Waals surface area contributed by atoms with Gasteiger partial charge in [0.1, 0.15) is 0 Å². The number of aliphatic imine (C=N–C) groups is 1. The molecule has 3 rings (SSSR count). The summed E-state index contributed by atoms with van der Waals surface area (Å²) >= 11 is 0. The van der Waals surface area contributed by atoms with Crippen molar-refractivity contribution in [2.45, 2.75) is 45.3 Å². The number of anilines is 1. The van der Waals surface area contributed by atoms with Crippen LogP contribution in [0.25, 0.3) is 0 Å². The van der Waals surface area contributed by atoms with Crippen LogP contribution in [0.4, 0.5) is 5.69 Å².